The highest BCUT2D eigenvalue weighted by Gasteiger charge is 2.20. The molecule has 0 unspecified atom stereocenters. The zero-order valence-electron chi connectivity index (χ0n) is 16.0. The number of hydrogen-bond acceptors (Lipinski definition) is 2. The molecule has 4 nitrogen and oxygen atoms in total. The van der Waals surface area contributed by atoms with Gasteiger partial charge >= 0.3 is 6.61 Å². The van der Waals surface area contributed by atoms with Gasteiger partial charge in [-0.2, -0.15) is 8.78 Å². The molecule has 2 aromatic carbocycles. The Balaban J connectivity index is 1.76. The lowest BCUT2D eigenvalue weighted by molar-refractivity contribution is -0.692. The Kier molecular flexibility index (Phi) is 8.32. The third kappa shape index (κ3) is 7.23. The average Bonchev–Trinajstić information content (AvgIpc) is 2.64. The van der Waals surface area contributed by atoms with Crippen LogP contribution in [0.25, 0.3) is 0 Å². The Morgan fingerprint density at radius 2 is 1.71 bits per heavy atom. The number of quaternary nitrogens is 1. The number of nitrogens with one attached hydrogen (secondary N) is 1. The Morgan fingerprint density at radius 3 is 2.29 bits per heavy atom. The van der Waals surface area contributed by atoms with E-state index in [-0.39, 0.29) is 36.0 Å². The Morgan fingerprint density at radius 1 is 1.07 bits per heavy atom. The molecule has 0 aliphatic carbocycles. The highest BCUT2D eigenvalue weighted by atomic mass is 19.3. The van der Waals surface area contributed by atoms with Crippen molar-refractivity contribution in [3.8, 4) is 5.75 Å². The van der Waals surface area contributed by atoms with Crippen molar-refractivity contribution in [1.82, 2.24) is 5.32 Å². The van der Waals surface area contributed by atoms with Gasteiger partial charge in [-0.3, -0.25) is 4.79 Å². The molecule has 0 bridgehead atoms. The molecule has 7 heteroatoms. The monoisotopic (exact) mass is 395 g/mol. The van der Waals surface area contributed by atoms with E-state index in [0.29, 0.717) is 13.0 Å². The van der Waals surface area contributed by atoms with Gasteiger partial charge in [0.25, 0.3) is 5.91 Å². The van der Waals surface area contributed by atoms with E-state index >= 15 is 0 Å². The van der Waals surface area contributed by atoms with Crippen molar-refractivity contribution < 1.29 is 28.0 Å². The van der Waals surface area contributed by atoms with Gasteiger partial charge < -0.3 is 15.4 Å². The highest BCUT2D eigenvalue weighted by molar-refractivity contribution is 5.76. The summed E-state index contributed by atoms with van der Waals surface area (Å²) < 4.78 is 41.7. The summed E-state index contributed by atoms with van der Waals surface area (Å²) >= 11 is 0. The van der Waals surface area contributed by atoms with Gasteiger partial charge in [-0.25, -0.2) is 4.39 Å². The van der Waals surface area contributed by atoms with Crippen LogP contribution in [0.15, 0.2) is 48.5 Å². The largest absolute Gasteiger partial charge is 0.435 e. The number of ether oxygens (including phenoxy) is 1. The molecule has 1 amide bonds. The summed E-state index contributed by atoms with van der Waals surface area (Å²) in [5.41, 5.74) is 1.90. The van der Waals surface area contributed by atoms with Gasteiger partial charge in [0.1, 0.15) is 17.6 Å². The molecule has 3 N–H and O–H groups in total. The topological polar surface area (TPSA) is 54.9 Å². The van der Waals surface area contributed by atoms with E-state index in [9.17, 15) is 18.0 Å². The molecule has 2 aromatic rings. The summed E-state index contributed by atoms with van der Waals surface area (Å²) in [5.74, 6) is 0.0216. The van der Waals surface area contributed by atoms with E-state index in [4.69, 9.17) is 0 Å². The summed E-state index contributed by atoms with van der Waals surface area (Å²) in [6, 6.07) is 12.8. The van der Waals surface area contributed by atoms with E-state index in [1.54, 1.807) is 24.3 Å². The summed E-state index contributed by atoms with van der Waals surface area (Å²) in [4.78, 5) is 12.1. The van der Waals surface area contributed by atoms with Gasteiger partial charge in [0.15, 0.2) is 6.54 Å². The summed E-state index contributed by atoms with van der Waals surface area (Å²) in [6.07, 6.45) is 0.590. The van der Waals surface area contributed by atoms with Gasteiger partial charge in [-0.05, 0) is 36.2 Å². The molecule has 0 fully saturated rings. The molecule has 0 aliphatic rings. The second-order valence-corrected chi connectivity index (χ2v) is 6.88. The molecule has 0 radical (unpaired) electrons. The zero-order valence-corrected chi connectivity index (χ0v) is 16.0. The van der Waals surface area contributed by atoms with Gasteiger partial charge in [0.2, 0.25) is 0 Å². The molecule has 0 saturated carbocycles. The Hall–Kier alpha value is -2.54. The fraction of sp³-hybridized carbons (Fsp3) is 0.381. The van der Waals surface area contributed by atoms with Crippen molar-refractivity contribution in [2.45, 2.75) is 32.9 Å². The molecule has 152 valence electrons. The van der Waals surface area contributed by atoms with Crippen molar-refractivity contribution in [2.24, 2.45) is 5.92 Å². The van der Waals surface area contributed by atoms with Gasteiger partial charge in [0.05, 0.1) is 0 Å². The molecule has 2 rings (SSSR count). The maximum Gasteiger partial charge on any atom is 0.387 e. The average molecular weight is 395 g/mol. The van der Waals surface area contributed by atoms with Crippen LogP contribution in [0.4, 0.5) is 13.2 Å². The first kappa shape index (κ1) is 21.8. The van der Waals surface area contributed by atoms with Crippen molar-refractivity contribution in [2.75, 3.05) is 13.1 Å². The minimum atomic E-state index is -2.84. The molecule has 0 saturated heterocycles. The van der Waals surface area contributed by atoms with Crippen molar-refractivity contribution >= 4 is 5.91 Å². The van der Waals surface area contributed by atoms with E-state index in [1.807, 2.05) is 5.32 Å². The first-order chi connectivity index (χ1) is 13.3. The van der Waals surface area contributed by atoms with Crippen LogP contribution < -0.4 is 15.4 Å². The van der Waals surface area contributed by atoms with Crippen LogP contribution in [0.1, 0.15) is 31.0 Å². The maximum absolute atomic E-state index is 13.1. The number of nitrogens with two attached hydrogens (primary N) is 1. The molecular weight excluding hydrogens is 369 g/mol. The molecule has 0 heterocycles. The van der Waals surface area contributed by atoms with Crippen LogP contribution in [0.5, 0.6) is 5.75 Å². The maximum atomic E-state index is 13.1. The Labute approximate surface area is 163 Å². The van der Waals surface area contributed by atoms with Crippen LogP contribution >= 0.6 is 0 Å². The predicted molar refractivity (Wildman–Crippen MR) is 101 cm³/mol. The van der Waals surface area contributed by atoms with Crippen molar-refractivity contribution in [1.29, 1.82) is 0 Å². The quantitative estimate of drug-likeness (QED) is 0.650. The number of carbonyl (C=O) groups excluding carboxylic acids is 1. The minimum Gasteiger partial charge on any atom is -0.435 e. The lowest BCUT2D eigenvalue weighted by Crippen LogP contribution is -2.88. The van der Waals surface area contributed by atoms with E-state index in [0.717, 1.165) is 11.1 Å². The molecule has 1 atom stereocenters. The van der Waals surface area contributed by atoms with Crippen LogP contribution in [-0.2, 0) is 11.2 Å². The SMILES string of the molecule is CC(C)[C@@H]([NH2+]CC(=O)NCCc1ccc(OC(F)F)cc1)c1ccc(F)cc1. The third-order valence-corrected chi connectivity index (χ3v) is 4.41. The molecule has 0 aromatic heterocycles. The molecular formula is C21H26F3N2O2+. The molecule has 0 aliphatic heterocycles. The fourth-order valence-corrected chi connectivity index (χ4v) is 2.97. The van der Waals surface area contributed by atoms with Crippen LogP contribution in [0.3, 0.4) is 0 Å². The lowest BCUT2D eigenvalue weighted by atomic mass is 9.96. The van der Waals surface area contributed by atoms with Gasteiger partial charge in [-0.1, -0.05) is 38.1 Å². The number of benzene rings is 2. The predicted octanol–water partition coefficient (Wildman–Crippen LogP) is 3.05. The number of amides is 1. The fourth-order valence-electron chi connectivity index (χ4n) is 2.97. The van der Waals surface area contributed by atoms with Crippen molar-refractivity contribution in [3.05, 3.63) is 65.5 Å². The first-order valence-corrected chi connectivity index (χ1v) is 9.24. The second kappa shape index (κ2) is 10.7. The van der Waals surface area contributed by atoms with E-state index in [1.165, 1.54) is 24.3 Å². The number of alkyl halides is 2. The molecule has 28 heavy (non-hydrogen) atoms. The number of hydrogen-bond donors (Lipinski definition) is 2. The summed E-state index contributed by atoms with van der Waals surface area (Å²) in [6.45, 7) is 1.99. The van der Waals surface area contributed by atoms with Gasteiger partial charge in [0, 0.05) is 18.0 Å². The number of carbonyl (C=O) groups is 1. The lowest BCUT2D eigenvalue weighted by Gasteiger charge is -2.19. The zero-order chi connectivity index (χ0) is 20.5. The number of rotatable bonds is 10. The van der Waals surface area contributed by atoms with Crippen LogP contribution in [-0.4, -0.2) is 25.6 Å². The minimum absolute atomic E-state index is 0.0636. The van der Waals surface area contributed by atoms with E-state index in [2.05, 4.69) is 23.9 Å². The van der Waals surface area contributed by atoms with Gasteiger partial charge in [-0.15, -0.1) is 0 Å². The second-order valence-electron chi connectivity index (χ2n) is 6.88. The standard InChI is InChI=1S/C21H25F3N2O2/c1-14(2)20(16-5-7-17(22)8-6-16)26-13-19(27)25-12-11-15-3-9-18(10-4-15)28-21(23)24/h3-10,14,20-21,26H,11-13H2,1-2H3,(H,25,27)/p+1/t20-/m1/s1. The summed E-state index contributed by atoms with van der Waals surface area (Å²) in [5, 5.41) is 4.80. The molecule has 0 spiro atoms. The summed E-state index contributed by atoms with van der Waals surface area (Å²) in [7, 11) is 0. The highest BCUT2D eigenvalue weighted by Crippen LogP contribution is 2.18. The normalized spacial score (nSPS) is 12.2. The smallest absolute Gasteiger partial charge is 0.387 e. The first-order valence-electron chi connectivity index (χ1n) is 9.24. The third-order valence-electron chi connectivity index (χ3n) is 4.41. The van der Waals surface area contributed by atoms with Crippen LogP contribution in [0.2, 0.25) is 0 Å². The van der Waals surface area contributed by atoms with E-state index < -0.39 is 6.61 Å². The Bertz CT molecular complexity index is 734. The van der Waals surface area contributed by atoms with Crippen molar-refractivity contribution in [3.63, 3.8) is 0 Å². The number of halogens is 3. The van der Waals surface area contributed by atoms with Crippen LogP contribution in [0, 0.1) is 11.7 Å².